The molecular formula is C22H22F3N5O2S. The number of nitrogens with zero attached hydrogens (tertiary/aromatic N) is 4. The molecule has 3 heterocycles. The van der Waals surface area contributed by atoms with Crippen LogP contribution in [-0.2, 0) is 10.0 Å². The van der Waals surface area contributed by atoms with E-state index in [0.717, 1.165) is 49.9 Å². The van der Waals surface area contributed by atoms with E-state index >= 15 is 0 Å². The van der Waals surface area contributed by atoms with Crippen molar-refractivity contribution in [1.82, 2.24) is 19.3 Å². The molecule has 0 aliphatic heterocycles. The third-order valence-electron chi connectivity index (χ3n) is 5.89. The Morgan fingerprint density at radius 3 is 2.48 bits per heavy atom. The van der Waals surface area contributed by atoms with Crippen molar-refractivity contribution in [1.29, 1.82) is 5.26 Å². The Labute approximate surface area is 189 Å². The smallest absolute Gasteiger partial charge is 0.334 e. The Morgan fingerprint density at radius 1 is 1.21 bits per heavy atom. The molecule has 11 heteroatoms. The number of halogens is 3. The van der Waals surface area contributed by atoms with Gasteiger partial charge < -0.3 is 4.57 Å². The largest absolute Gasteiger partial charge is 0.404 e. The maximum atomic E-state index is 12.8. The topological polar surface area (TPSA) is 101 Å². The lowest BCUT2D eigenvalue weighted by Crippen LogP contribution is -2.42. The fourth-order valence-corrected chi connectivity index (χ4v) is 5.40. The Kier molecular flexibility index (Phi) is 5.92. The molecule has 0 radical (unpaired) electrons. The molecule has 0 spiro atoms. The molecular weight excluding hydrogens is 455 g/mol. The maximum Gasteiger partial charge on any atom is 0.404 e. The van der Waals surface area contributed by atoms with E-state index in [2.05, 4.69) is 20.6 Å². The summed E-state index contributed by atoms with van der Waals surface area (Å²) < 4.78 is 66.9. The van der Waals surface area contributed by atoms with Crippen LogP contribution < -0.4 is 4.72 Å². The summed E-state index contributed by atoms with van der Waals surface area (Å²) in [5.41, 5.74) is 3.53. The number of hydrogen-bond acceptors (Lipinski definition) is 5. The second-order valence-electron chi connectivity index (χ2n) is 8.29. The van der Waals surface area contributed by atoms with Gasteiger partial charge in [0.1, 0.15) is 28.1 Å². The van der Waals surface area contributed by atoms with Crippen molar-refractivity contribution in [2.24, 2.45) is 0 Å². The number of alkyl halides is 3. The molecule has 7 nitrogen and oxygen atoms in total. The number of sulfonamides is 1. The summed E-state index contributed by atoms with van der Waals surface area (Å²) in [6.07, 6.45) is 1.95. The third-order valence-corrected chi connectivity index (χ3v) is 7.42. The van der Waals surface area contributed by atoms with Crippen LogP contribution in [0.4, 0.5) is 13.2 Å². The Bertz CT molecular complexity index is 1340. The lowest BCUT2D eigenvalue weighted by Gasteiger charge is -2.18. The zero-order chi connectivity index (χ0) is 24.0. The zero-order valence-electron chi connectivity index (χ0n) is 18.0. The van der Waals surface area contributed by atoms with Gasteiger partial charge in [-0.2, -0.15) is 23.2 Å². The molecule has 174 valence electrons. The van der Waals surface area contributed by atoms with E-state index < -0.39 is 27.1 Å². The summed E-state index contributed by atoms with van der Waals surface area (Å²) in [6, 6.07) is 4.69. The molecule has 1 saturated carbocycles. The zero-order valence-corrected chi connectivity index (χ0v) is 18.8. The summed E-state index contributed by atoms with van der Waals surface area (Å²) in [5, 5.41) is 9.92. The predicted molar refractivity (Wildman–Crippen MR) is 116 cm³/mol. The first-order chi connectivity index (χ1) is 15.5. The number of nitriles is 1. The summed E-state index contributed by atoms with van der Waals surface area (Å²) in [4.78, 5) is 8.31. The second-order valence-corrected chi connectivity index (χ2v) is 10.0. The molecule has 0 amide bonds. The van der Waals surface area contributed by atoms with Crippen molar-refractivity contribution < 1.29 is 21.6 Å². The van der Waals surface area contributed by atoms with Crippen LogP contribution in [0.25, 0.3) is 22.4 Å². The number of aryl methyl sites for hydroxylation is 1. The van der Waals surface area contributed by atoms with Crippen molar-refractivity contribution in [2.45, 2.75) is 62.7 Å². The molecule has 1 atom stereocenters. The predicted octanol–water partition coefficient (Wildman–Crippen LogP) is 4.62. The maximum absolute atomic E-state index is 12.8. The van der Waals surface area contributed by atoms with Gasteiger partial charge in [-0.15, -0.1) is 0 Å². The molecule has 1 fully saturated rings. The minimum absolute atomic E-state index is 0.146. The number of rotatable bonds is 5. The molecule has 3 aromatic heterocycles. The summed E-state index contributed by atoms with van der Waals surface area (Å²) in [5.74, 6) is 0. The highest BCUT2D eigenvalue weighted by Gasteiger charge is 2.39. The molecule has 1 aliphatic carbocycles. The van der Waals surface area contributed by atoms with E-state index in [0.29, 0.717) is 22.5 Å². The van der Waals surface area contributed by atoms with Crippen LogP contribution in [0.3, 0.4) is 0 Å². The van der Waals surface area contributed by atoms with Gasteiger partial charge >= 0.3 is 6.18 Å². The summed E-state index contributed by atoms with van der Waals surface area (Å²) >= 11 is 0. The van der Waals surface area contributed by atoms with Crippen molar-refractivity contribution in [3.05, 3.63) is 41.7 Å². The lowest BCUT2D eigenvalue weighted by molar-refractivity contribution is -0.147. The quantitative estimate of drug-likeness (QED) is 0.578. The second kappa shape index (κ2) is 8.43. The molecule has 1 unspecified atom stereocenters. The first-order valence-electron chi connectivity index (χ1n) is 10.5. The molecule has 0 saturated heterocycles. The van der Waals surface area contributed by atoms with Crippen molar-refractivity contribution in [3.8, 4) is 17.5 Å². The van der Waals surface area contributed by atoms with Crippen molar-refractivity contribution >= 4 is 21.1 Å². The standard InChI is InChI=1S/C22H22F3N5O2S/c1-13-9-19-20(28-11-13)17(10-26)21(30(19)15-5-3-4-6-15)18-8-7-16(12-27-18)33(31,32)29-14(2)22(23,24)25/h7-9,11-12,14-15,29H,3-6H2,1-2H3. The van der Waals surface area contributed by atoms with E-state index in [4.69, 9.17) is 0 Å². The number of aromatic nitrogens is 3. The highest BCUT2D eigenvalue weighted by molar-refractivity contribution is 7.89. The van der Waals surface area contributed by atoms with Crippen LogP contribution in [0, 0.1) is 18.3 Å². The van der Waals surface area contributed by atoms with Gasteiger partial charge in [-0.1, -0.05) is 12.8 Å². The minimum atomic E-state index is -4.71. The molecule has 1 aliphatic rings. The molecule has 33 heavy (non-hydrogen) atoms. The van der Waals surface area contributed by atoms with Crippen molar-refractivity contribution in [3.63, 3.8) is 0 Å². The van der Waals surface area contributed by atoms with Crippen molar-refractivity contribution in [2.75, 3.05) is 0 Å². The highest BCUT2D eigenvalue weighted by atomic mass is 32.2. The Hall–Kier alpha value is -2.97. The van der Waals surface area contributed by atoms with Crippen LogP contribution in [0.1, 0.15) is 49.8 Å². The first kappa shape index (κ1) is 23.2. The Balaban J connectivity index is 1.81. The number of nitrogens with one attached hydrogen (secondary N) is 1. The summed E-state index contributed by atoms with van der Waals surface area (Å²) in [7, 11) is -4.43. The first-order valence-corrected chi connectivity index (χ1v) is 12.0. The number of fused-ring (bicyclic) bond motifs is 1. The molecule has 1 N–H and O–H groups in total. The number of hydrogen-bond donors (Lipinski definition) is 1. The molecule has 3 aromatic rings. The minimum Gasteiger partial charge on any atom is -0.334 e. The SMILES string of the molecule is Cc1cnc2c(C#N)c(-c3ccc(S(=O)(=O)NC(C)C(F)(F)F)cn3)n(C3CCCC3)c2c1. The highest BCUT2D eigenvalue weighted by Crippen LogP contribution is 2.40. The van der Waals surface area contributed by atoms with E-state index in [1.165, 1.54) is 12.1 Å². The monoisotopic (exact) mass is 477 g/mol. The normalized spacial score (nSPS) is 16.2. The average molecular weight is 478 g/mol. The van der Waals surface area contributed by atoms with Crippen LogP contribution in [0.15, 0.2) is 35.5 Å². The number of pyridine rings is 2. The van der Waals surface area contributed by atoms with E-state index in [9.17, 15) is 26.9 Å². The fraction of sp³-hybridized carbons (Fsp3) is 0.409. The van der Waals surface area contributed by atoms with E-state index in [-0.39, 0.29) is 6.04 Å². The fourth-order valence-electron chi connectivity index (χ4n) is 4.23. The van der Waals surface area contributed by atoms with Crippen LogP contribution in [0.2, 0.25) is 0 Å². The van der Waals surface area contributed by atoms with Gasteiger partial charge in [0.25, 0.3) is 0 Å². The van der Waals surface area contributed by atoms with E-state index in [1.807, 2.05) is 13.0 Å². The lowest BCUT2D eigenvalue weighted by atomic mass is 10.1. The van der Waals surface area contributed by atoms with Crippen LogP contribution >= 0.6 is 0 Å². The van der Waals surface area contributed by atoms with E-state index in [1.54, 1.807) is 10.9 Å². The molecule has 4 rings (SSSR count). The third kappa shape index (κ3) is 4.32. The van der Waals surface area contributed by atoms with Gasteiger partial charge in [0.15, 0.2) is 0 Å². The molecule has 0 bridgehead atoms. The summed E-state index contributed by atoms with van der Waals surface area (Å²) in [6.45, 7) is 2.64. The van der Waals surface area contributed by atoms with Gasteiger partial charge in [-0.05, 0) is 50.5 Å². The van der Waals surface area contributed by atoms with Crippen LogP contribution in [0.5, 0.6) is 0 Å². The van der Waals surface area contributed by atoms with Gasteiger partial charge in [0, 0.05) is 18.4 Å². The van der Waals surface area contributed by atoms with Gasteiger partial charge in [-0.25, -0.2) is 8.42 Å². The Morgan fingerprint density at radius 2 is 1.91 bits per heavy atom. The molecule has 0 aromatic carbocycles. The average Bonchev–Trinajstić information content (AvgIpc) is 3.38. The van der Waals surface area contributed by atoms with Gasteiger partial charge in [-0.3, -0.25) is 9.97 Å². The van der Waals surface area contributed by atoms with Gasteiger partial charge in [0.05, 0.1) is 16.9 Å². The van der Waals surface area contributed by atoms with Gasteiger partial charge in [0.2, 0.25) is 10.0 Å². The van der Waals surface area contributed by atoms with Crippen LogP contribution in [-0.4, -0.2) is 35.2 Å².